The topological polar surface area (TPSA) is 38.7 Å². The Morgan fingerprint density at radius 3 is 1.58 bits per heavy atom. The van der Waals surface area contributed by atoms with Crippen molar-refractivity contribution in [1.82, 2.24) is 15.0 Å². The molecule has 0 spiro atoms. The van der Waals surface area contributed by atoms with Gasteiger partial charge < -0.3 is 0 Å². The lowest BCUT2D eigenvalue weighted by molar-refractivity contribution is 0.768. The van der Waals surface area contributed by atoms with Crippen molar-refractivity contribution in [2.45, 2.75) is 5.41 Å². The molecule has 43 heavy (non-hydrogen) atoms. The fraction of sp³-hybridized carbons (Fsp3) is 0.0250. The smallest absolute Gasteiger partial charge is 0.164 e. The van der Waals surface area contributed by atoms with E-state index < -0.39 is 23.5 Å². The minimum absolute atomic E-state index is 0.0111. The second-order valence-electron chi connectivity index (χ2n) is 10.5. The zero-order valence-corrected chi connectivity index (χ0v) is 23.0. The van der Waals surface area contributed by atoms with Crippen molar-refractivity contribution in [3.63, 3.8) is 0 Å². The first kappa shape index (κ1) is 20.2. The predicted octanol–water partition coefficient (Wildman–Crippen LogP) is 9.24. The largest absolute Gasteiger partial charge is 0.208 e. The molecule has 1 aliphatic carbocycles. The molecule has 3 nitrogen and oxygen atoms in total. The summed E-state index contributed by atoms with van der Waals surface area (Å²) in [4.78, 5) is 14.4. The summed E-state index contributed by atoms with van der Waals surface area (Å²) < 4.78 is 42.0. The third-order valence-electron chi connectivity index (χ3n) is 8.11. The number of aromatic nitrogens is 3. The molecule has 0 atom stereocenters. The second kappa shape index (κ2) is 10.3. The molecule has 0 saturated heterocycles. The Morgan fingerprint density at radius 2 is 0.930 bits per heavy atom. The van der Waals surface area contributed by atoms with Gasteiger partial charge in [0.25, 0.3) is 0 Å². The molecule has 1 heterocycles. The highest BCUT2D eigenvalue weighted by Crippen LogP contribution is 2.56. The maximum absolute atomic E-state index is 8.67. The summed E-state index contributed by atoms with van der Waals surface area (Å²) in [6.07, 6.45) is 0. The molecule has 1 aromatic heterocycles. The van der Waals surface area contributed by atoms with E-state index in [9.17, 15) is 0 Å². The van der Waals surface area contributed by atoms with Gasteiger partial charge in [0, 0.05) is 16.7 Å². The van der Waals surface area contributed by atoms with Crippen molar-refractivity contribution in [2.75, 3.05) is 0 Å². The highest BCUT2D eigenvalue weighted by atomic mass is 15.0. The van der Waals surface area contributed by atoms with Crippen molar-refractivity contribution in [1.29, 1.82) is 0 Å². The summed E-state index contributed by atoms with van der Waals surface area (Å²) in [6.45, 7) is 0. The lowest BCUT2D eigenvalue weighted by Crippen LogP contribution is -2.28. The molecule has 0 unspecified atom stereocenters. The third kappa shape index (κ3) is 4.09. The Morgan fingerprint density at radius 1 is 0.419 bits per heavy atom. The van der Waals surface area contributed by atoms with E-state index in [0.717, 1.165) is 27.8 Å². The van der Waals surface area contributed by atoms with Gasteiger partial charge >= 0.3 is 0 Å². The van der Waals surface area contributed by atoms with Gasteiger partial charge in [0.15, 0.2) is 17.5 Å². The Balaban J connectivity index is 1.42. The van der Waals surface area contributed by atoms with Crippen LogP contribution in [0.1, 0.15) is 29.1 Å². The average Bonchev–Trinajstić information content (AvgIpc) is 3.44. The average molecular weight is 555 g/mol. The molecule has 1 aliphatic rings. The number of hydrogen-bond acceptors (Lipinski definition) is 3. The maximum atomic E-state index is 8.67. The van der Waals surface area contributed by atoms with E-state index in [1.807, 2.05) is 48.5 Å². The normalized spacial score (nSPS) is 14.5. The van der Waals surface area contributed by atoms with Gasteiger partial charge in [-0.1, -0.05) is 158 Å². The number of benzene rings is 6. The minimum Gasteiger partial charge on any atom is -0.208 e. The second-order valence-corrected chi connectivity index (χ2v) is 10.5. The molecule has 0 amide bonds. The summed E-state index contributed by atoms with van der Waals surface area (Å²) in [6, 6.07) is 43.0. The molecule has 0 bridgehead atoms. The van der Waals surface area contributed by atoms with E-state index in [-0.39, 0.29) is 23.5 Å². The molecule has 7 aromatic rings. The highest BCUT2D eigenvalue weighted by molar-refractivity contribution is 5.88. The summed E-state index contributed by atoms with van der Waals surface area (Å²) in [5.74, 6) is 0.681. The van der Waals surface area contributed by atoms with Gasteiger partial charge in [0.1, 0.15) is 0 Å². The van der Waals surface area contributed by atoms with Gasteiger partial charge in [-0.2, -0.15) is 0 Å². The third-order valence-corrected chi connectivity index (χ3v) is 8.11. The first-order chi connectivity index (χ1) is 23.4. The number of nitrogens with zero attached hydrogens (tertiary/aromatic N) is 3. The van der Waals surface area contributed by atoms with E-state index in [1.54, 1.807) is 0 Å². The molecule has 0 N–H and O–H groups in total. The van der Waals surface area contributed by atoms with Crippen molar-refractivity contribution < 1.29 is 6.85 Å². The van der Waals surface area contributed by atoms with Crippen LogP contribution in [0.5, 0.6) is 0 Å². The lowest BCUT2D eigenvalue weighted by atomic mass is 9.67. The Hall–Kier alpha value is -5.67. The SMILES string of the molecule is [2H]c1c([2H])c([2H])c(-c2nc(-c3ccccc3)nc(-c3ccc4c(c3)C(c3ccccc3)(c3ccccc3)c3ccccc3-4)n2)c([2H])c1[2H]. The fourth-order valence-corrected chi connectivity index (χ4v) is 6.28. The van der Waals surface area contributed by atoms with E-state index in [2.05, 4.69) is 89.9 Å². The molecule has 202 valence electrons. The van der Waals surface area contributed by atoms with Crippen LogP contribution < -0.4 is 0 Å². The first-order valence-corrected chi connectivity index (χ1v) is 14.1. The summed E-state index contributed by atoms with van der Waals surface area (Å²) >= 11 is 0. The molecular formula is C40H27N3. The van der Waals surface area contributed by atoms with Crippen LogP contribution in [-0.2, 0) is 5.41 Å². The van der Waals surface area contributed by atoms with Crippen molar-refractivity contribution in [3.8, 4) is 45.3 Å². The minimum atomic E-state index is -0.629. The fourth-order valence-electron chi connectivity index (χ4n) is 6.28. The number of rotatable bonds is 5. The molecule has 3 heteroatoms. The van der Waals surface area contributed by atoms with Crippen LogP contribution in [0.25, 0.3) is 45.3 Å². The Bertz CT molecular complexity index is 2280. The Labute approximate surface area is 258 Å². The zero-order valence-electron chi connectivity index (χ0n) is 28.0. The molecule has 0 saturated carbocycles. The van der Waals surface area contributed by atoms with E-state index in [4.69, 9.17) is 16.8 Å². The number of hydrogen-bond donors (Lipinski definition) is 0. The van der Waals surface area contributed by atoms with Crippen LogP contribution in [-0.4, -0.2) is 15.0 Å². The molecular weight excluding hydrogens is 522 g/mol. The van der Waals surface area contributed by atoms with Gasteiger partial charge in [-0.15, -0.1) is 0 Å². The maximum Gasteiger partial charge on any atom is 0.164 e. The quantitative estimate of drug-likeness (QED) is 0.213. The first-order valence-electron chi connectivity index (χ1n) is 16.6. The van der Waals surface area contributed by atoms with Crippen LogP contribution >= 0.6 is 0 Å². The van der Waals surface area contributed by atoms with Crippen LogP contribution in [0.2, 0.25) is 0 Å². The van der Waals surface area contributed by atoms with E-state index in [1.165, 1.54) is 5.56 Å². The van der Waals surface area contributed by atoms with Gasteiger partial charge in [-0.25, -0.2) is 15.0 Å². The molecule has 0 radical (unpaired) electrons. The predicted molar refractivity (Wildman–Crippen MR) is 173 cm³/mol. The molecule has 6 aromatic carbocycles. The molecule has 0 aliphatic heterocycles. The Kier molecular flexibility index (Phi) is 4.85. The van der Waals surface area contributed by atoms with Gasteiger partial charge in [-0.3, -0.25) is 0 Å². The monoisotopic (exact) mass is 554 g/mol. The van der Waals surface area contributed by atoms with E-state index >= 15 is 0 Å². The molecule has 0 fully saturated rings. The van der Waals surface area contributed by atoms with Crippen molar-refractivity contribution in [2.24, 2.45) is 0 Å². The summed E-state index contributed by atoms with van der Waals surface area (Å²) in [7, 11) is 0. The zero-order chi connectivity index (χ0) is 33.0. The standard InChI is InChI=1S/C40H27N3/c1-5-15-28(16-6-1)37-41-38(29-17-7-2-8-18-29)43-39(42-37)30-25-26-34-33-23-13-14-24-35(33)40(36(34)27-30,31-19-9-3-10-20-31)32-21-11-4-12-22-32/h1-27H/i1D,5D,6D,15D,16D. The van der Waals surface area contributed by atoms with Crippen LogP contribution in [0.3, 0.4) is 0 Å². The lowest BCUT2D eigenvalue weighted by Gasteiger charge is -2.34. The van der Waals surface area contributed by atoms with Crippen LogP contribution in [0, 0.1) is 0 Å². The van der Waals surface area contributed by atoms with Gasteiger partial charge in [0.2, 0.25) is 0 Å². The highest BCUT2D eigenvalue weighted by Gasteiger charge is 2.46. The summed E-state index contributed by atoms with van der Waals surface area (Å²) in [5.41, 5.74) is 7.47. The van der Waals surface area contributed by atoms with Gasteiger partial charge in [-0.05, 0) is 39.4 Å². The number of fused-ring (bicyclic) bond motifs is 3. The van der Waals surface area contributed by atoms with Crippen LogP contribution in [0.15, 0.2) is 164 Å². The van der Waals surface area contributed by atoms with Gasteiger partial charge in [0.05, 0.1) is 12.3 Å². The van der Waals surface area contributed by atoms with Crippen molar-refractivity contribution in [3.05, 3.63) is 186 Å². The van der Waals surface area contributed by atoms with E-state index in [0.29, 0.717) is 22.8 Å². The molecule has 8 rings (SSSR count). The van der Waals surface area contributed by atoms with Crippen molar-refractivity contribution >= 4 is 0 Å². The van der Waals surface area contributed by atoms with Crippen LogP contribution in [0.4, 0.5) is 0 Å². The summed E-state index contributed by atoms with van der Waals surface area (Å²) in [5, 5.41) is 0.